The highest BCUT2D eigenvalue weighted by Crippen LogP contribution is 2.18. The summed E-state index contributed by atoms with van der Waals surface area (Å²) < 4.78 is 23.1. The van der Waals surface area contributed by atoms with Gasteiger partial charge in [0.1, 0.15) is 5.82 Å². The molecule has 5 nitrogen and oxygen atoms in total. The van der Waals surface area contributed by atoms with Crippen LogP contribution >= 0.6 is 0 Å². The number of hydrogen-bond acceptors (Lipinski definition) is 4. The van der Waals surface area contributed by atoms with Crippen LogP contribution in [0, 0.1) is 6.92 Å². The summed E-state index contributed by atoms with van der Waals surface area (Å²) in [6, 6.07) is 5.66. The fraction of sp³-hybridized carbons (Fsp3) is 0.462. The number of H-pyrrole nitrogens is 1. The van der Waals surface area contributed by atoms with Gasteiger partial charge in [0.25, 0.3) is 0 Å². The van der Waals surface area contributed by atoms with Gasteiger partial charge in [0.15, 0.2) is 9.84 Å². The summed E-state index contributed by atoms with van der Waals surface area (Å²) in [6.07, 6.45) is 0. The third-order valence-corrected chi connectivity index (χ3v) is 4.84. The molecule has 0 aliphatic rings. The average molecular weight is 281 g/mol. The largest absolute Gasteiger partial charge is 0.382 e. The third kappa shape index (κ3) is 3.47. The lowest BCUT2D eigenvalue weighted by Crippen LogP contribution is -2.26. The van der Waals surface area contributed by atoms with Crippen LogP contribution in [0.1, 0.15) is 19.7 Å². The van der Waals surface area contributed by atoms with E-state index in [0.29, 0.717) is 0 Å². The Balaban J connectivity index is 2.12. The Labute approximate surface area is 113 Å². The minimum atomic E-state index is -2.96. The molecule has 0 fully saturated rings. The molecule has 0 saturated heterocycles. The Morgan fingerprint density at radius 2 is 2.16 bits per heavy atom. The second-order valence-electron chi connectivity index (χ2n) is 4.80. The quantitative estimate of drug-likeness (QED) is 0.880. The number of imidazole rings is 1. The molecule has 0 bridgehead atoms. The molecule has 0 saturated carbocycles. The predicted octanol–water partition coefficient (Wildman–Crippen LogP) is 2.11. The third-order valence-electron chi connectivity index (χ3n) is 2.96. The van der Waals surface area contributed by atoms with E-state index in [1.54, 1.807) is 6.92 Å². The Hall–Kier alpha value is -1.56. The van der Waals surface area contributed by atoms with Gasteiger partial charge < -0.3 is 10.3 Å². The topological polar surface area (TPSA) is 74.8 Å². The van der Waals surface area contributed by atoms with Crippen molar-refractivity contribution in [1.82, 2.24) is 9.97 Å². The Morgan fingerprint density at radius 1 is 1.42 bits per heavy atom. The maximum absolute atomic E-state index is 11.6. The molecule has 1 aromatic carbocycles. The second-order valence-corrected chi connectivity index (χ2v) is 7.20. The average Bonchev–Trinajstić information content (AvgIpc) is 2.67. The minimum Gasteiger partial charge on any atom is -0.382 e. The lowest BCUT2D eigenvalue weighted by Gasteiger charge is -2.14. The molecule has 0 spiro atoms. The van der Waals surface area contributed by atoms with Crippen molar-refractivity contribution in [3.63, 3.8) is 0 Å². The summed E-state index contributed by atoms with van der Waals surface area (Å²) in [5.41, 5.74) is 2.76. The van der Waals surface area contributed by atoms with Gasteiger partial charge in [-0.1, -0.05) is 6.92 Å². The second kappa shape index (κ2) is 5.21. The zero-order chi connectivity index (χ0) is 14.0. The Kier molecular flexibility index (Phi) is 3.80. The molecule has 6 heteroatoms. The predicted molar refractivity (Wildman–Crippen MR) is 78.2 cm³/mol. The minimum absolute atomic E-state index is 0.119. The van der Waals surface area contributed by atoms with Crippen LogP contribution < -0.4 is 5.32 Å². The molecule has 19 heavy (non-hydrogen) atoms. The number of aromatic nitrogens is 2. The molecule has 2 N–H and O–H groups in total. The normalized spacial score (nSPS) is 13.6. The summed E-state index contributed by atoms with van der Waals surface area (Å²) in [5.74, 6) is 1.19. The van der Waals surface area contributed by atoms with Gasteiger partial charge in [-0.15, -0.1) is 0 Å². The number of anilines is 1. The number of fused-ring (bicyclic) bond motifs is 1. The number of aromatic amines is 1. The highest BCUT2D eigenvalue weighted by Gasteiger charge is 2.13. The monoisotopic (exact) mass is 281 g/mol. The number of nitrogens with one attached hydrogen (secondary N) is 2. The summed E-state index contributed by atoms with van der Waals surface area (Å²) >= 11 is 0. The first kappa shape index (κ1) is 13.9. The highest BCUT2D eigenvalue weighted by molar-refractivity contribution is 7.91. The first-order valence-corrected chi connectivity index (χ1v) is 8.15. The van der Waals surface area contributed by atoms with E-state index < -0.39 is 9.84 Å². The van der Waals surface area contributed by atoms with Gasteiger partial charge in [-0.2, -0.15) is 0 Å². The Morgan fingerprint density at radius 3 is 2.84 bits per heavy atom. The van der Waals surface area contributed by atoms with Crippen LogP contribution in [-0.2, 0) is 9.84 Å². The van der Waals surface area contributed by atoms with Crippen molar-refractivity contribution in [2.45, 2.75) is 26.8 Å². The van der Waals surface area contributed by atoms with Gasteiger partial charge in [-0.3, -0.25) is 0 Å². The van der Waals surface area contributed by atoms with Crippen molar-refractivity contribution >= 4 is 26.6 Å². The fourth-order valence-corrected chi connectivity index (χ4v) is 3.13. The van der Waals surface area contributed by atoms with Gasteiger partial charge in [-0.25, -0.2) is 13.4 Å². The molecular weight excluding hydrogens is 262 g/mol. The van der Waals surface area contributed by atoms with Gasteiger partial charge >= 0.3 is 0 Å². The van der Waals surface area contributed by atoms with E-state index in [2.05, 4.69) is 15.3 Å². The maximum Gasteiger partial charge on any atom is 0.152 e. The van der Waals surface area contributed by atoms with Crippen molar-refractivity contribution in [2.24, 2.45) is 0 Å². The van der Waals surface area contributed by atoms with Crippen LogP contribution in [0.2, 0.25) is 0 Å². The van der Waals surface area contributed by atoms with E-state index in [1.807, 2.05) is 32.0 Å². The molecule has 0 aliphatic heterocycles. The van der Waals surface area contributed by atoms with Crippen LogP contribution in [0.4, 0.5) is 5.69 Å². The first-order chi connectivity index (χ1) is 8.89. The molecular formula is C13H19N3O2S. The van der Waals surface area contributed by atoms with E-state index in [4.69, 9.17) is 0 Å². The van der Waals surface area contributed by atoms with E-state index in [0.717, 1.165) is 22.5 Å². The number of benzene rings is 1. The molecule has 104 valence electrons. The van der Waals surface area contributed by atoms with Crippen LogP contribution in [0.25, 0.3) is 11.0 Å². The van der Waals surface area contributed by atoms with Gasteiger partial charge in [0.05, 0.1) is 16.8 Å². The number of nitrogens with zero attached hydrogens (tertiary/aromatic N) is 1. The van der Waals surface area contributed by atoms with Crippen molar-refractivity contribution in [2.75, 3.05) is 16.8 Å². The molecule has 1 heterocycles. The molecule has 1 aromatic heterocycles. The van der Waals surface area contributed by atoms with Crippen molar-refractivity contribution in [3.05, 3.63) is 24.0 Å². The Bertz CT molecular complexity index is 676. The smallest absolute Gasteiger partial charge is 0.152 e. The van der Waals surface area contributed by atoms with E-state index in [9.17, 15) is 8.42 Å². The summed E-state index contributed by atoms with van der Waals surface area (Å²) in [6.45, 7) is 5.45. The van der Waals surface area contributed by atoms with E-state index in [1.165, 1.54) is 0 Å². The van der Waals surface area contributed by atoms with E-state index in [-0.39, 0.29) is 17.5 Å². The summed E-state index contributed by atoms with van der Waals surface area (Å²) in [7, 11) is -2.96. The SMILES string of the molecule is CCS(=O)(=O)CC(C)Nc1ccc2nc(C)[nH]c2c1. The maximum atomic E-state index is 11.6. The summed E-state index contributed by atoms with van der Waals surface area (Å²) in [5, 5.41) is 3.21. The lowest BCUT2D eigenvalue weighted by molar-refractivity contribution is 0.593. The van der Waals surface area contributed by atoms with Gasteiger partial charge in [0.2, 0.25) is 0 Å². The van der Waals surface area contributed by atoms with Crippen molar-refractivity contribution in [1.29, 1.82) is 0 Å². The van der Waals surface area contributed by atoms with Crippen LogP contribution in [0.5, 0.6) is 0 Å². The summed E-state index contributed by atoms with van der Waals surface area (Å²) in [4.78, 5) is 7.49. The number of hydrogen-bond donors (Lipinski definition) is 2. The van der Waals surface area contributed by atoms with E-state index >= 15 is 0 Å². The highest BCUT2D eigenvalue weighted by atomic mass is 32.2. The van der Waals surface area contributed by atoms with Crippen LogP contribution in [0.3, 0.4) is 0 Å². The molecule has 1 unspecified atom stereocenters. The van der Waals surface area contributed by atoms with Crippen molar-refractivity contribution < 1.29 is 8.42 Å². The molecule has 0 aliphatic carbocycles. The molecule has 0 amide bonds. The standard InChI is InChI=1S/C13H19N3O2S/c1-4-19(17,18)8-9(2)14-11-5-6-12-13(7-11)16-10(3)15-12/h5-7,9,14H,4,8H2,1-3H3,(H,15,16). The van der Waals surface area contributed by atoms with Gasteiger partial charge in [0, 0.05) is 17.5 Å². The molecule has 2 rings (SSSR count). The number of aryl methyl sites for hydroxylation is 1. The molecule has 1 atom stereocenters. The zero-order valence-corrected chi connectivity index (χ0v) is 12.2. The fourth-order valence-electron chi connectivity index (χ4n) is 2.05. The van der Waals surface area contributed by atoms with Crippen molar-refractivity contribution in [3.8, 4) is 0 Å². The first-order valence-electron chi connectivity index (χ1n) is 6.33. The van der Waals surface area contributed by atoms with Crippen LogP contribution in [0.15, 0.2) is 18.2 Å². The molecule has 0 radical (unpaired) electrons. The zero-order valence-electron chi connectivity index (χ0n) is 11.4. The van der Waals surface area contributed by atoms with Crippen LogP contribution in [-0.4, -0.2) is 35.9 Å². The molecule has 2 aromatic rings. The van der Waals surface area contributed by atoms with Gasteiger partial charge in [-0.05, 0) is 32.0 Å². The number of rotatable bonds is 5. The number of sulfone groups is 1. The lowest BCUT2D eigenvalue weighted by atomic mass is 10.2.